The molecule has 1 aromatic carbocycles. The highest BCUT2D eigenvalue weighted by atomic mass is 16.5. The lowest BCUT2D eigenvalue weighted by atomic mass is 9.98. The first-order valence-corrected chi connectivity index (χ1v) is 5.52. The Morgan fingerprint density at radius 1 is 1.56 bits per heavy atom. The second-order valence-corrected chi connectivity index (χ2v) is 4.39. The molecule has 16 heavy (non-hydrogen) atoms. The number of carboxylic acid groups (broad SMARTS) is 1. The molecule has 3 heteroatoms. The number of carboxylic acids is 1. The second-order valence-electron chi connectivity index (χ2n) is 4.39. The Labute approximate surface area is 95.0 Å². The average molecular weight is 220 g/mol. The largest absolute Gasteiger partial charge is 0.496 e. The van der Waals surface area contributed by atoms with Crippen LogP contribution in [0.15, 0.2) is 18.2 Å². The molecule has 2 rings (SSSR count). The molecule has 0 saturated heterocycles. The fraction of sp³-hybridized carbons (Fsp3) is 0.462. The molecule has 0 bridgehead atoms. The highest BCUT2D eigenvalue weighted by molar-refractivity contribution is 5.69. The number of carbonyl (C=O) groups is 1. The summed E-state index contributed by atoms with van der Waals surface area (Å²) in [4.78, 5) is 10.8. The molecular weight excluding hydrogens is 204 g/mol. The number of methoxy groups -OCH3 is 1. The average Bonchev–Trinajstić information content (AvgIpc) is 2.55. The van der Waals surface area contributed by atoms with Crippen LogP contribution in [0.1, 0.15) is 42.7 Å². The minimum Gasteiger partial charge on any atom is -0.496 e. The van der Waals surface area contributed by atoms with Crippen molar-refractivity contribution in [3.8, 4) is 5.75 Å². The van der Waals surface area contributed by atoms with Crippen LogP contribution in [-0.2, 0) is 4.79 Å². The minimum atomic E-state index is -0.729. The van der Waals surface area contributed by atoms with Gasteiger partial charge in [0.25, 0.3) is 0 Å². The number of aliphatic carboxylic acids is 1. The van der Waals surface area contributed by atoms with Gasteiger partial charge in [-0.05, 0) is 29.9 Å². The van der Waals surface area contributed by atoms with Gasteiger partial charge >= 0.3 is 5.97 Å². The van der Waals surface area contributed by atoms with E-state index in [1.54, 1.807) is 7.11 Å². The van der Waals surface area contributed by atoms with Crippen molar-refractivity contribution >= 4 is 5.97 Å². The van der Waals surface area contributed by atoms with Gasteiger partial charge in [0.1, 0.15) is 5.75 Å². The van der Waals surface area contributed by atoms with Crippen molar-refractivity contribution in [3.05, 3.63) is 29.3 Å². The maximum absolute atomic E-state index is 10.8. The smallest absolute Gasteiger partial charge is 0.303 e. The number of rotatable bonds is 3. The summed E-state index contributed by atoms with van der Waals surface area (Å²) in [5.41, 5.74) is 2.34. The molecule has 0 spiro atoms. The van der Waals surface area contributed by atoms with Crippen LogP contribution in [0.25, 0.3) is 0 Å². The molecule has 0 saturated carbocycles. The minimum absolute atomic E-state index is 0.137. The normalized spacial score (nSPS) is 22.9. The number of hydrogen-bond acceptors (Lipinski definition) is 2. The van der Waals surface area contributed by atoms with Gasteiger partial charge in [-0.25, -0.2) is 0 Å². The van der Waals surface area contributed by atoms with Gasteiger partial charge in [0, 0.05) is 5.56 Å². The van der Waals surface area contributed by atoms with Crippen molar-refractivity contribution in [1.82, 2.24) is 0 Å². The zero-order valence-corrected chi connectivity index (χ0v) is 9.56. The van der Waals surface area contributed by atoms with E-state index < -0.39 is 5.97 Å². The summed E-state index contributed by atoms with van der Waals surface area (Å²) < 4.78 is 5.33. The Kier molecular flexibility index (Phi) is 2.86. The molecule has 0 radical (unpaired) electrons. The molecule has 0 heterocycles. The van der Waals surface area contributed by atoms with Crippen molar-refractivity contribution < 1.29 is 14.6 Å². The zero-order valence-electron chi connectivity index (χ0n) is 9.56. The molecule has 2 atom stereocenters. The summed E-state index contributed by atoms with van der Waals surface area (Å²) in [6.07, 6.45) is 1.12. The molecule has 1 N–H and O–H groups in total. The zero-order chi connectivity index (χ0) is 11.7. The lowest BCUT2D eigenvalue weighted by Gasteiger charge is -2.11. The summed E-state index contributed by atoms with van der Waals surface area (Å²) in [7, 11) is 1.66. The van der Waals surface area contributed by atoms with Gasteiger partial charge < -0.3 is 9.84 Å². The number of hydrogen-bond donors (Lipinski definition) is 1. The molecule has 1 aromatic rings. The van der Waals surface area contributed by atoms with Crippen LogP contribution in [0.5, 0.6) is 5.75 Å². The van der Waals surface area contributed by atoms with Gasteiger partial charge in [0.15, 0.2) is 0 Å². The molecule has 3 nitrogen and oxygen atoms in total. The van der Waals surface area contributed by atoms with E-state index in [0.29, 0.717) is 5.92 Å². The van der Waals surface area contributed by atoms with E-state index in [1.807, 2.05) is 18.2 Å². The van der Waals surface area contributed by atoms with Crippen LogP contribution in [0.2, 0.25) is 0 Å². The Bertz CT molecular complexity index is 412. The van der Waals surface area contributed by atoms with Gasteiger partial charge in [-0.3, -0.25) is 4.79 Å². The monoisotopic (exact) mass is 220 g/mol. The fourth-order valence-electron chi connectivity index (χ4n) is 2.70. The topological polar surface area (TPSA) is 46.5 Å². The van der Waals surface area contributed by atoms with E-state index in [2.05, 4.69) is 6.92 Å². The lowest BCUT2D eigenvalue weighted by molar-refractivity contribution is -0.137. The van der Waals surface area contributed by atoms with Crippen LogP contribution >= 0.6 is 0 Å². The number of benzene rings is 1. The van der Waals surface area contributed by atoms with Gasteiger partial charge in [-0.2, -0.15) is 0 Å². The molecule has 2 unspecified atom stereocenters. The van der Waals surface area contributed by atoms with Crippen LogP contribution in [0.4, 0.5) is 0 Å². The highest BCUT2D eigenvalue weighted by Crippen LogP contribution is 2.47. The third-order valence-electron chi connectivity index (χ3n) is 3.31. The van der Waals surface area contributed by atoms with E-state index in [0.717, 1.165) is 17.7 Å². The molecule has 0 fully saturated rings. The van der Waals surface area contributed by atoms with Gasteiger partial charge in [0.2, 0.25) is 0 Å². The van der Waals surface area contributed by atoms with Crippen LogP contribution in [0, 0.1) is 0 Å². The first-order chi connectivity index (χ1) is 7.63. The molecular formula is C13H16O3. The third kappa shape index (κ3) is 1.77. The summed E-state index contributed by atoms with van der Waals surface area (Å²) in [6.45, 7) is 2.13. The molecule has 1 aliphatic carbocycles. The van der Waals surface area contributed by atoms with Crippen molar-refractivity contribution in [2.45, 2.75) is 31.6 Å². The fourth-order valence-corrected chi connectivity index (χ4v) is 2.70. The lowest BCUT2D eigenvalue weighted by Crippen LogP contribution is -2.03. The predicted molar refractivity (Wildman–Crippen MR) is 61.0 cm³/mol. The van der Waals surface area contributed by atoms with E-state index in [4.69, 9.17) is 9.84 Å². The van der Waals surface area contributed by atoms with Crippen LogP contribution in [-0.4, -0.2) is 18.2 Å². The van der Waals surface area contributed by atoms with Gasteiger partial charge in [0.05, 0.1) is 13.5 Å². The van der Waals surface area contributed by atoms with E-state index in [9.17, 15) is 4.79 Å². The molecule has 0 amide bonds. The van der Waals surface area contributed by atoms with Crippen molar-refractivity contribution in [3.63, 3.8) is 0 Å². The maximum atomic E-state index is 10.8. The first-order valence-electron chi connectivity index (χ1n) is 5.52. The Balaban J connectivity index is 2.39. The molecule has 1 aliphatic rings. The Morgan fingerprint density at radius 3 is 2.94 bits per heavy atom. The van der Waals surface area contributed by atoms with Crippen molar-refractivity contribution in [1.29, 1.82) is 0 Å². The predicted octanol–water partition coefficient (Wildman–Crippen LogP) is 2.76. The summed E-state index contributed by atoms with van der Waals surface area (Å²) >= 11 is 0. The van der Waals surface area contributed by atoms with E-state index >= 15 is 0 Å². The quantitative estimate of drug-likeness (QED) is 0.852. The van der Waals surface area contributed by atoms with Crippen LogP contribution < -0.4 is 4.74 Å². The highest BCUT2D eigenvalue weighted by Gasteiger charge is 2.31. The van der Waals surface area contributed by atoms with Gasteiger partial charge in [-0.15, -0.1) is 0 Å². The number of ether oxygens (including phenoxy) is 1. The molecule has 86 valence electrons. The summed E-state index contributed by atoms with van der Waals surface area (Å²) in [6, 6.07) is 5.90. The van der Waals surface area contributed by atoms with Crippen LogP contribution in [0.3, 0.4) is 0 Å². The Hall–Kier alpha value is -1.51. The summed E-state index contributed by atoms with van der Waals surface area (Å²) in [5.74, 6) is 0.679. The summed E-state index contributed by atoms with van der Waals surface area (Å²) in [5, 5.41) is 8.88. The maximum Gasteiger partial charge on any atom is 0.303 e. The van der Waals surface area contributed by atoms with Crippen molar-refractivity contribution in [2.75, 3.05) is 7.11 Å². The molecule has 0 aromatic heterocycles. The third-order valence-corrected chi connectivity index (χ3v) is 3.31. The van der Waals surface area contributed by atoms with E-state index in [-0.39, 0.29) is 12.3 Å². The standard InChI is InChI=1S/C13H16O3/c1-8-6-9(7-12(14)15)10-4-3-5-11(16-2)13(8)10/h3-5,8-9H,6-7H2,1-2H3,(H,14,15). The Morgan fingerprint density at radius 2 is 2.31 bits per heavy atom. The van der Waals surface area contributed by atoms with Gasteiger partial charge in [-0.1, -0.05) is 19.1 Å². The van der Waals surface area contributed by atoms with Crippen molar-refractivity contribution in [2.24, 2.45) is 0 Å². The first kappa shape index (κ1) is 11.0. The SMILES string of the molecule is COc1cccc2c1C(C)CC2CC(=O)O. The number of fused-ring (bicyclic) bond motifs is 1. The second kappa shape index (κ2) is 4.16. The van der Waals surface area contributed by atoms with E-state index in [1.165, 1.54) is 5.56 Å². The molecule has 0 aliphatic heterocycles.